The van der Waals surface area contributed by atoms with Gasteiger partial charge in [0.1, 0.15) is 5.15 Å². The van der Waals surface area contributed by atoms with Crippen LogP contribution in [0.3, 0.4) is 0 Å². The van der Waals surface area contributed by atoms with Crippen LogP contribution in [0, 0.1) is 6.92 Å². The van der Waals surface area contributed by atoms with E-state index in [1.165, 1.54) is 6.07 Å². The first-order valence-electron chi connectivity index (χ1n) is 5.37. The third-order valence-electron chi connectivity index (χ3n) is 2.39. The molecule has 0 aliphatic heterocycles. The van der Waals surface area contributed by atoms with Crippen molar-refractivity contribution in [2.24, 2.45) is 0 Å². The number of para-hydroxylation sites is 1. The lowest BCUT2D eigenvalue weighted by Crippen LogP contribution is -2.13. The number of hydrogen-bond donors (Lipinski definition) is 1. The number of nitrogens with one attached hydrogen (secondary N) is 1. The van der Waals surface area contributed by atoms with E-state index >= 15 is 0 Å². The lowest BCUT2D eigenvalue weighted by molar-refractivity contribution is 0.102. The molecule has 0 aliphatic rings. The van der Waals surface area contributed by atoms with Crippen molar-refractivity contribution < 1.29 is 4.79 Å². The maximum absolute atomic E-state index is 12.2. The quantitative estimate of drug-likeness (QED) is 0.729. The van der Waals surface area contributed by atoms with Crippen LogP contribution in [0.25, 0.3) is 0 Å². The van der Waals surface area contributed by atoms with Crippen LogP contribution in [0.4, 0.5) is 5.69 Å². The number of hydrogen-bond acceptors (Lipinski definition) is 2. The molecule has 2 aromatic rings. The van der Waals surface area contributed by atoms with E-state index in [4.69, 9.17) is 11.6 Å². The van der Waals surface area contributed by atoms with Crippen molar-refractivity contribution in [2.75, 3.05) is 5.32 Å². The van der Waals surface area contributed by atoms with E-state index in [2.05, 4.69) is 42.2 Å². The van der Waals surface area contributed by atoms with Gasteiger partial charge in [-0.1, -0.05) is 17.7 Å². The smallest absolute Gasteiger partial charge is 0.255 e. The standard InChI is InChI=1S/C13H9Br2ClN2O/c1-7-5-8(6-11(16)17-7)13(19)18-12-9(14)3-2-4-10(12)15/h2-6H,1H3,(H,18,19). The summed E-state index contributed by atoms with van der Waals surface area (Å²) >= 11 is 12.6. The predicted octanol–water partition coefficient (Wildman–Crippen LogP) is 4.82. The highest BCUT2D eigenvalue weighted by Crippen LogP contribution is 2.31. The van der Waals surface area contributed by atoms with Gasteiger partial charge in [-0.05, 0) is 63.0 Å². The third-order valence-corrected chi connectivity index (χ3v) is 3.90. The van der Waals surface area contributed by atoms with Crippen LogP contribution in [0.5, 0.6) is 0 Å². The van der Waals surface area contributed by atoms with E-state index in [1.54, 1.807) is 13.0 Å². The van der Waals surface area contributed by atoms with Crippen LogP contribution in [-0.2, 0) is 0 Å². The number of aromatic nitrogens is 1. The fourth-order valence-corrected chi connectivity index (χ4v) is 3.01. The molecule has 0 bridgehead atoms. The zero-order valence-corrected chi connectivity index (χ0v) is 13.8. The number of halogens is 3. The summed E-state index contributed by atoms with van der Waals surface area (Å²) in [4.78, 5) is 16.2. The van der Waals surface area contributed by atoms with Crippen molar-refractivity contribution in [1.29, 1.82) is 0 Å². The highest BCUT2D eigenvalue weighted by Gasteiger charge is 2.12. The molecule has 6 heteroatoms. The second-order valence-electron chi connectivity index (χ2n) is 3.87. The van der Waals surface area contributed by atoms with E-state index in [9.17, 15) is 4.79 Å². The molecule has 1 aromatic carbocycles. The van der Waals surface area contributed by atoms with Gasteiger partial charge < -0.3 is 5.32 Å². The monoisotopic (exact) mass is 402 g/mol. The Kier molecular flexibility index (Phi) is 4.60. The first-order valence-corrected chi connectivity index (χ1v) is 7.33. The van der Waals surface area contributed by atoms with Crippen molar-refractivity contribution in [1.82, 2.24) is 4.98 Å². The zero-order chi connectivity index (χ0) is 14.0. The maximum Gasteiger partial charge on any atom is 0.255 e. The first-order chi connectivity index (χ1) is 8.97. The van der Waals surface area contributed by atoms with E-state index in [-0.39, 0.29) is 5.91 Å². The van der Waals surface area contributed by atoms with Gasteiger partial charge in [0.2, 0.25) is 0 Å². The lowest BCUT2D eigenvalue weighted by Gasteiger charge is -2.10. The summed E-state index contributed by atoms with van der Waals surface area (Å²) in [5, 5.41) is 3.13. The molecule has 1 amide bonds. The summed E-state index contributed by atoms with van der Waals surface area (Å²) in [5.41, 5.74) is 1.85. The van der Waals surface area contributed by atoms with Gasteiger partial charge in [0, 0.05) is 20.2 Å². The topological polar surface area (TPSA) is 42.0 Å². The normalized spacial score (nSPS) is 10.3. The molecule has 2 rings (SSSR count). The summed E-state index contributed by atoms with van der Waals surface area (Å²) < 4.78 is 1.60. The molecule has 19 heavy (non-hydrogen) atoms. The van der Waals surface area contributed by atoms with Gasteiger partial charge in [0.15, 0.2) is 0 Å². The zero-order valence-electron chi connectivity index (χ0n) is 9.88. The molecule has 1 aromatic heterocycles. The number of anilines is 1. The first kappa shape index (κ1) is 14.5. The van der Waals surface area contributed by atoms with Gasteiger partial charge in [-0.2, -0.15) is 0 Å². The highest BCUT2D eigenvalue weighted by molar-refractivity contribution is 9.11. The molecule has 1 heterocycles. The van der Waals surface area contributed by atoms with Gasteiger partial charge >= 0.3 is 0 Å². The number of aryl methyl sites for hydroxylation is 1. The summed E-state index contributed by atoms with van der Waals surface area (Å²) in [6, 6.07) is 8.80. The van der Waals surface area contributed by atoms with E-state index in [1.807, 2.05) is 18.2 Å². The number of rotatable bonds is 2. The van der Waals surface area contributed by atoms with Gasteiger partial charge in [0.25, 0.3) is 5.91 Å². The molecule has 0 saturated carbocycles. The van der Waals surface area contributed by atoms with Gasteiger partial charge in [-0.15, -0.1) is 0 Å². The molecule has 0 unspecified atom stereocenters. The van der Waals surface area contributed by atoms with Crippen LogP contribution in [0.15, 0.2) is 39.3 Å². The minimum Gasteiger partial charge on any atom is -0.320 e. The number of carbonyl (C=O) groups excluding carboxylic acids is 1. The Morgan fingerprint density at radius 1 is 1.26 bits per heavy atom. The largest absolute Gasteiger partial charge is 0.320 e. The molecule has 3 nitrogen and oxygen atoms in total. The molecule has 0 fully saturated rings. The second kappa shape index (κ2) is 6.03. The number of nitrogens with zero attached hydrogens (tertiary/aromatic N) is 1. The van der Waals surface area contributed by atoms with Crippen molar-refractivity contribution in [3.05, 3.63) is 55.7 Å². The van der Waals surface area contributed by atoms with Crippen molar-refractivity contribution in [2.45, 2.75) is 6.92 Å². The Labute approximate surface area is 132 Å². The number of amides is 1. The molecule has 1 N–H and O–H groups in total. The summed E-state index contributed by atoms with van der Waals surface area (Å²) in [6.07, 6.45) is 0. The van der Waals surface area contributed by atoms with Crippen molar-refractivity contribution >= 4 is 55.1 Å². The van der Waals surface area contributed by atoms with Crippen molar-refractivity contribution in [3.8, 4) is 0 Å². The Morgan fingerprint density at radius 2 is 1.89 bits per heavy atom. The molecule has 98 valence electrons. The Balaban J connectivity index is 2.31. The summed E-state index contributed by atoms with van der Waals surface area (Å²) in [7, 11) is 0. The maximum atomic E-state index is 12.2. The fraction of sp³-hybridized carbons (Fsp3) is 0.0769. The third kappa shape index (κ3) is 3.55. The number of carbonyl (C=O) groups is 1. The van der Waals surface area contributed by atoms with E-state index < -0.39 is 0 Å². The van der Waals surface area contributed by atoms with Crippen LogP contribution < -0.4 is 5.32 Å². The minimum atomic E-state index is -0.236. The van der Waals surface area contributed by atoms with Crippen molar-refractivity contribution in [3.63, 3.8) is 0 Å². The molecular weight excluding hydrogens is 395 g/mol. The number of benzene rings is 1. The molecule has 0 atom stereocenters. The van der Waals surface area contributed by atoms with Gasteiger partial charge in [-0.3, -0.25) is 4.79 Å². The van der Waals surface area contributed by atoms with E-state index in [0.29, 0.717) is 22.1 Å². The average Bonchev–Trinajstić information content (AvgIpc) is 2.32. The molecule has 0 radical (unpaired) electrons. The highest BCUT2D eigenvalue weighted by atomic mass is 79.9. The van der Waals surface area contributed by atoms with Crippen LogP contribution in [0.1, 0.15) is 16.1 Å². The molecule has 0 aliphatic carbocycles. The average molecular weight is 404 g/mol. The van der Waals surface area contributed by atoms with Crippen LogP contribution in [-0.4, -0.2) is 10.9 Å². The Morgan fingerprint density at radius 3 is 2.47 bits per heavy atom. The SMILES string of the molecule is Cc1cc(C(=O)Nc2c(Br)cccc2Br)cc(Cl)n1. The Hall–Kier alpha value is -0.910. The molecular formula is C13H9Br2ClN2O. The lowest BCUT2D eigenvalue weighted by atomic mass is 10.2. The Bertz CT molecular complexity index is 606. The predicted molar refractivity (Wildman–Crippen MR) is 83.8 cm³/mol. The van der Waals surface area contributed by atoms with Gasteiger partial charge in [-0.25, -0.2) is 4.98 Å². The van der Waals surface area contributed by atoms with Crippen LogP contribution >= 0.6 is 43.5 Å². The second-order valence-corrected chi connectivity index (χ2v) is 5.97. The van der Waals surface area contributed by atoms with E-state index in [0.717, 1.165) is 8.95 Å². The number of pyridine rings is 1. The fourth-order valence-electron chi connectivity index (χ4n) is 1.56. The summed E-state index contributed by atoms with van der Waals surface area (Å²) in [6.45, 7) is 1.79. The van der Waals surface area contributed by atoms with Crippen LogP contribution in [0.2, 0.25) is 5.15 Å². The molecule has 0 spiro atoms. The molecule has 0 saturated heterocycles. The van der Waals surface area contributed by atoms with Gasteiger partial charge in [0.05, 0.1) is 5.69 Å². The summed E-state index contributed by atoms with van der Waals surface area (Å²) in [5.74, 6) is -0.236. The minimum absolute atomic E-state index is 0.236.